The number of aromatic nitrogens is 1. The highest BCUT2D eigenvalue weighted by Crippen LogP contribution is 2.27. The number of fused-ring (bicyclic) bond motifs is 1. The second-order valence-electron chi connectivity index (χ2n) is 4.61. The summed E-state index contributed by atoms with van der Waals surface area (Å²) < 4.78 is 7.88. The van der Waals surface area contributed by atoms with Crippen LogP contribution in [0.25, 0.3) is 10.9 Å². The minimum Gasteiger partial charge on any atom is -0.489 e. The van der Waals surface area contributed by atoms with E-state index in [2.05, 4.69) is 16.8 Å². The number of anilines is 1. The highest BCUT2D eigenvalue weighted by Gasteiger charge is 2.09. The van der Waals surface area contributed by atoms with Gasteiger partial charge in [-0.05, 0) is 24.3 Å². The van der Waals surface area contributed by atoms with E-state index in [-0.39, 0.29) is 0 Å². The van der Waals surface area contributed by atoms with Gasteiger partial charge in [-0.3, -0.25) is 0 Å². The van der Waals surface area contributed by atoms with Crippen molar-refractivity contribution in [2.75, 3.05) is 5.73 Å². The van der Waals surface area contributed by atoms with Crippen molar-refractivity contribution in [2.45, 2.75) is 6.61 Å². The largest absolute Gasteiger partial charge is 0.489 e. The molecule has 0 aliphatic heterocycles. The summed E-state index contributed by atoms with van der Waals surface area (Å²) in [4.78, 5) is 0. The first-order valence-electron chi connectivity index (χ1n) is 6.26. The van der Waals surface area contributed by atoms with Gasteiger partial charge in [-0.1, -0.05) is 24.3 Å². The van der Waals surface area contributed by atoms with E-state index in [4.69, 9.17) is 10.5 Å². The summed E-state index contributed by atoms with van der Waals surface area (Å²) in [6, 6.07) is 15.8. The van der Waals surface area contributed by atoms with E-state index in [0.29, 0.717) is 6.61 Å². The van der Waals surface area contributed by atoms with Gasteiger partial charge in [0.15, 0.2) is 0 Å². The Morgan fingerprint density at radius 1 is 1.05 bits per heavy atom. The number of rotatable bonds is 3. The lowest BCUT2D eigenvalue weighted by Crippen LogP contribution is -1.95. The minimum atomic E-state index is 0.523. The Kier molecular flexibility index (Phi) is 2.88. The maximum Gasteiger partial charge on any atom is 0.119 e. The predicted octanol–water partition coefficient (Wildman–Crippen LogP) is 3.34. The van der Waals surface area contributed by atoms with Crippen molar-refractivity contribution >= 4 is 16.6 Å². The van der Waals surface area contributed by atoms with E-state index in [9.17, 15) is 0 Å². The van der Waals surface area contributed by atoms with E-state index in [1.54, 1.807) is 0 Å². The molecule has 0 saturated carbocycles. The third-order valence-corrected chi connectivity index (χ3v) is 3.26. The smallest absolute Gasteiger partial charge is 0.119 e. The second-order valence-corrected chi connectivity index (χ2v) is 4.61. The number of hydrogen-bond donors (Lipinski definition) is 1. The molecule has 2 N–H and O–H groups in total. The van der Waals surface area contributed by atoms with E-state index < -0.39 is 0 Å². The molecule has 0 aliphatic carbocycles. The molecule has 0 saturated heterocycles. The van der Waals surface area contributed by atoms with Crippen molar-refractivity contribution < 1.29 is 4.74 Å². The zero-order chi connectivity index (χ0) is 13.2. The number of aryl methyl sites for hydroxylation is 1. The molecule has 3 heteroatoms. The van der Waals surface area contributed by atoms with Gasteiger partial charge in [-0.2, -0.15) is 0 Å². The lowest BCUT2D eigenvalue weighted by Gasteiger charge is -2.05. The third-order valence-electron chi connectivity index (χ3n) is 3.26. The van der Waals surface area contributed by atoms with E-state index in [1.807, 2.05) is 49.5 Å². The van der Waals surface area contributed by atoms with Crippen LogP contribution in [0.5, 0.6) is 5.75 Å². The lowest BCUT2D eigenvalue weighted by molar-refractivity contribution is 0.307. The molecule has 0 unspecified atom stereocenters. The summed E-state index contributed by atoms with van der Waals surface area (Å²) in [6.07, 6.45) is 2.07. The molecule has 1 aromatic heterocycles. The Bertz CT molecular complexity index is 701. The summed E-state index contributed by atoms with van der Waals surface area (Å²) in [5, 5.41) is 1.08. The average molecular weight is 252 g/mol. The fourth-order valence-corrected chi connectivity index (χ4v) is 2.36. The molecule has 2 aromatic carbocycles. The lowest BCUT2D eigenvalue weighted by atomic mass is 10.1. The van der Waals surface area contributed by atoms with Gasteiger partial charge < -0.3 is 15.0 Å². The van der Waals surface area contributed by atoms with Crippen LogP contribution in [-0.2, 0) is 13.7 Å². The molecule has 0 amide bonds. The fourth-order valence-electron chi connectivity index (χ4n) is 2.36. The topological polar surface area (TPSA) is 40.2 Å². The van der Waals surface area contributed by atoms with E-state index in [1.165, 1.54) is 0 Å². The van der Waals surface area contributed by atoms with Gasteiger partial charge in [0.1, 0.15) is 12.4 Å². The zero-order valence-corrected chi connectivity index (χ0v) is 10.8. The Morgan fingerprint density at radius 3 is 2.63 bits per heavy atom. The maximum absolute atomic E-state index is 6.07. The van der Waals surface area contributed by atoms with Crippen LogP contribution in [0.4, 0.5) is 5.69 Å². The number of benzene rings is 2. The van der Waals surface area contributed by atoms with Gasteiger partial charge in [0.2, 0.25) is 0 Å². The molecule has 0 spiro atoms. The number of nitrogens with two attached hydrogens (primary N) is 1. The summed E-state index contributed by atoms with van der Waals surface area (Å²) in [7, 11) is 2.02. The number of nitrogens with zero attached hydrogens (tertiary/aromatic N) is 1. The Balaban J connectivity index is 1.93. The Labute approximate surface area is 112 Å². The van der Waals surface area contributed by atoms with Crippen LogP contribution in [0, 0.1) is 0 Å². The highest BCUT2D eigenvalue weighted by atomic mass is 16.5. The summed E-state index contributed by atoms with van der Waals surface area (Å²) in [6.45, 7) is 0.523. The van der Waals surface area contributed by atoms with Crippen LogP contribution in [0.1, 0.15) is 5.56 Å². The second kappa shape index (κ2) is 4.69. The van der Waals surface area contributed by atoms with Crippen molar-refractivity contribution in [3.8, 4) is 5.75 Å². The van der Waals surface area contributed by atoms with Crippen LogP contribution < -0.4 is 10.5 Å². The zero-order valence-electron chi connectivity index (χ0n) is 10.8. The predicted molar refractivity (Wildman–Crippen MR) is 78.1 cm³/mol. The molecule has 0 fully saturated rings. The van der Waals surface area contributed by atoms with Crippen molar-refractivity contribution in [2.24, 2.45) is 7.05 Å². The van der Waals surface area contributed by atoms with Crippen LogP contribution in [0.15, 0.2) is 54.7 Å². The quantitative estimate of drug-likeness (QED) is 0.726. The SMILES string of the molecule is Cn1cc(COc2ccccc2)c2c(N)cccc21. The highest BCUT2D eigenvalue weighted by molar-refractivity contribution is 5.94. The summed E-state index contributed by atoms with van der Waals surface area (Å²) >= 11 is 0. The molecule has 3 aromatic rings. The number of para-hydroxylation sites is 1. The summed E-state index contributed by atoms with van der Waals surface area (Å²) in [5.41, 5.74) is 9.11. The molecule has 3 rings (SSSR count). The molecule has 0 aliphatic rings. The number of ether oxygens (including phenoxy) is 1. The fraction of sp³-hybridized carbons (Fsp3) is 0.125. The van der Waals surface area contributed by atoms with Crippen molar-refractivity contribution in [3.05, 3.63) is 60.3 Å². The molecule has 0 atom stereocenters. The third kappa shape index (κ3) is 2.15. The van der Waals surface area contributed by atoms with Gasteiger partial charge in [-0.15, -0.1) is 0 Å². The molecule has 1 heterocycles. The van der Waals surface area contributed by atoms with Gasteiger partial charge >= 0.3 is 0 Å². The molecule has 19 heavy (non-hydrogen) atoms. The number of hydrogen-bond acceptors (Lipinski definition) is 2. The molecule has 3 nitrogen and oxygen atoms in total. The average Bonchev–Trinajstić information content (AvgIpc) is 2.76. The minimum absolute atomic E-state index is 0.523. The normalized spacial score (nSPS) is 10.8. The maximum atomic E-state index is 6.07. The molecular formula is C16H16N2O. The van der Waals surface area contributed by atoms with Crippen molar-refractivity contribution in [3.63, 3.8) is 0 Å². The first kappa shape index (κ1) is 11.7. The molecule has 0 bridgehead atoms. The van der Waals surface area contributed by atoms with Crippen LogP contribution in [0.3, 0.4) is 0 Å². The van der Waals surface area contributed by atoms with Gasteiger partial charge in [0, 0.05) is 29.9 Å². The Hall–Kier alpha value is -2.42. The van der Waals surface area contributed by atoms with E-state index >= 15 is 0 Å². The van der Waals surface area contributed by atoms with Crippen LogP contribution in [0.2, 0.25) is 0 Å². The molecule has 0 radical (unpaired) electrons. The van der Waals surface area contributed by atoms with Crippen LogP contribution >= 0.6 is 0 Å². The monoisotopic (exact) mass is 252 g/mol. The first-order chi connectivity index (χ1) is 9.25. The van der Waals surface area contributed by atoms with E-state index in [0.717, 1.165) is 27.9 Å². The standard InChI is InChI=1S/C16H16N2O/c1-18-10-12(11-19-13-6-3-2-4-7-13)16-14(17)8-5-9-15(16)18/h2-10H,11,17H2,1H3. The van der Waals surface area contributed by atoms with Crippen molar-refractivity contribution in [1.29, 1.82) is 0 Å². The number of nitrogen functional groups attached to an aromatic ring is 1. The summed E-state index contributed by atoms with van der Waals surface area (Å²) in [5.74, 6) is 0.869. The van der Waals surface area contributed by atoms with Gasteiger partial charge in [-0.25, -0.2) is 0 Å². The van der Waals surface area contributed by atoms with Gasteiger partial charge in [0.25, 0.3) is 0 Å². The van der Waals surface area contributed by atoms with Gasteiger partial charge in [0.05, 0.1) is 5.52 Å². The molecular weight excluding hydrogens is 236 g/mol. The van der Waals surface area contributed by atoms with Crippen molar-refractivity contribution in [1.82, 2.24) is 4.57 Å². The Morgan fingerprint density at radius 2 is 1.84 bits per heavy atom. The first-order valence-corrected chi connectivity index (χ1v) is 6.26. The molecule has 96 valence electrons. The van der Waals surface area contributed by atoms with Crippen LogP contribution in [-0.4, -0.2) is 4.57 Å².